The zero-order valence-corrected chi connectivity index (χ0v) is 8.53. The number of aliphatic hydroxyl groups excluding tert-OH is 1. The minimum Gasteiger partial charge on any atom is -0.392 e. The van der Waals surface area contributed by atoms with Gasteiger partial charge in [0.15, 0.2) is 0 Å². The summed E-state index contributed by atoms with van der Waals surface area (Å²) in [6, 6.07) is 7.35. The molecule has 14 heavy (non-hydrogen) atoms. The van der Waals surface area contributed by atoms with Gasteiger partial charge in [0.25, 0.3) is 0 Å². The molecule has 0 heterocycles. The monoisotopic (exact) mass is 193 g/mol. The highest BCUT2D eigenvalue weighted by molar-refractivity contribution is 5.93. The van der Waals surface area contributed by atoms with E-state index in [1.807, 2.05) is 31.2 Å². The summed E-state index contributed by atoms with van der Waals surface area (Å²) in [5, 5.41) is 9.08. The zero-order chi connectivity index (χ0) is 10.6. The molecule has 0 unspecified atom stereocenters. The Labute approximate surface area is 84.0 Å². The number of aliphatic hydroxyl groups is 1. The van der Waals surface area contributed by atoms with Crippen LogP contribution in [0.2, 0.25) is 0 Å². The summed E-state index contributed by atoms with van der Waals surface area (Å²) in [5.41, 5.74) is 1.55. The molecule has 1 rings (SSSR count). The van der Waals surface area contributed by atoms with Gasteiger partial charge in [-0.15, -0.1) is 0 Å². The maximum absolute atomic E-state index is 11.4. The number of anilines is 1. The van der Waals surface area contributed by atoms with Gasteiger partial charge in [-0.2, -0.15) is 0 Å². The molecule has 1 aromatic rings. The number of carbonyl (C=O) groups excluding carboxylic acids is 1. The van der Waals surface area contributed by atoms with Gasteiger partial charge in [0, 0.05) is 24.7 Å². The van der Waals surface area contributed by atoms with E-state index in [9.17, 15) is 4.79 Å². The Balaban J connectivity index is 2.99. The van der Waals surface area contributed by atoms with Crippen molar-refractivity contribution in [1.82, 2.24) is 0 Å². The summed E-state index contributed by atoms with van der Waals surface area (Å²) < 4.78 is 0. The van der Waals surface area contributed by atoms with Crippen molar-refractivity contribution >= 4 is 11.6 Å². The molecule has 0 aliphatic rings. The minimum atomic E-state index is -0.0441. The lowest BCUT2D eigenvalue weighted by Gasteiger charge is -2.19. The van der Waals surface area contributed by atoms with Crippen molar-refractivity contribution < 1.29 is 9.90 Å². The number of hydrogen-bond acceptors (Lipinski definition) is 2. The van der Waals surface area contributed by atoms with Crippen LogP contribution in [-0.2, 0) is 11.4 Å². The van der Waals surface area contributed by atoms with E-state index in [4.69, 9.17) is 5.11 Å². The fourth-order valence-electron chi connectivity index (χ4n) is 1.34. The second kappa shape index (κ2) is 4.77. The Kier molecular flexibility index (Phi) is 3.65. The Bertz CT molecular complexity index is 323. The fourth-order valence-corrected chi connectivity index (χ4v) is 1.34. The van der Waals surface area contributed by atoms with Crippen LogP contribution in [0.1, 0.15) is 18.9 Å². The Morgan fingerprint density at radius 1 is 1.43 bits per heavy atom. The summed E-state index contributed by atoms with van der Waals surface area (Å²) >= 11 is 0. The van der Waals surface area contributed by atoms with Gasteiger partial charge < -0.3 is 10.0 Å². The Hall–Kier alpha value is -1.35. The molecule has 0 saturated carbocycles. The lowest BCUT2D eigenvalue weighted by Crippen LogP contribution is -2.26. The van der Waals surface area contributed by atoms with E-state index in [0.717, 1.165) is 11.3 Å². The summed E-state index contributed by atoms with van der Waals surface area (Å²) in [4.78, 5) is 13.0. The molecule has 76 valence electrons. The van der Waals surface area contributed by atoms with Crippen molar-refractivity contribution in [2.75, 3.05) is 11.9 Å². The molecule has 0 fully saturated rings. The van der Waals surface area contributed by atoms with Crippen LogP contribution in [0.5, 0.6) is 0 Å². The van der Waals surface area contributed by atoms with Crippen LogP contribution in [0.4, 0.5) is 5.69 Å². The van der Waals surface area contributed by atoms with Gasteiger partial charge in [-0.25, -0.2) is 0 Å². The van der Waals surface area contributed by atoms with E-state index in [2.05, 4.69) is 0 Å². The van der Waals surface area contributed by atoms with Crippen LogP contribution in [-0.4, -0.2) is 18.1 Å². The predicted octanol–water partition coefficient (Wildman–Crippen LogP) is 1.55. The molecule has 0 aliphatic carbocycles. The van der Waals surface area contributed by atoms with Crippen LogP contribution in [0.15, 0.2) is 24.3 Å². The average Bonchev–Trinajstić information content (AvgIpc) is 2.26. The van der Waals surface area contributed by atoms with Crippen molar-refractivity contribution in [1.29, 1.82) is 0 Å². The molecule has 3 heteroatoms. The molecule has 0 atom stereocenters. The number of amides is 1. The maximum atomic E-state index is 11.4. The quantitative estimate of drug-likeness (QED) is 0.791. The lowest BCUT2D eigenvalue weighted by molar-refractivity contribution is -0.118. The van der Waals surface area contributed by atoms with Crippen LogP contribution < -0.4 is 4.90 Å². The average molecular weight is 193 g/mol. The molecule has 0 radical (unpaired) electrons. The number of benzene rings is 1. The molecule has 0 aromatic heterocycles. The predicted molar refractivity (Wildman–Crippen MR) is 56.1 cm³/mol. The SMILES string of the molecule is CCC(=O)N(C)c1ccccc1CO. The van der Waals surface area contributed by atoms with Gasteiger partial charge in [0.05, 0.1) is 6.61 Å². The van der Waals surface area contributed by atoms with E-state index in [1.54, 1.807) is 11.9 Å². The molecule has 1 N–H and O–H groups in total. The first-order chi connectivity index (χ1) is 6.70. The highest BCUT2D eigenvalue weighted by Crippen LogP contribution is 2.19. The minimum absolute atomic E-state index is 0.0441. The molecular formula is C11H15NO2. The molecule has 1 amide bonds. The third-order valence-corrected chi connectivity index (χ3v) is 2.20. The summed E-state index contributed by atoms with van der Waals surface area (Å²) in [7, 11) is 1.72. The number of nitrogens with zero attached hydrogens (tertiary/aromatic N) is 1. The van der Waals surface area contributed by atoms with E-state index < -0.39 is 0 Å². The molecule has 0 bridgehead atoms. The van der Waals surface area contributed by atoms with Gasteiger partial charge in [0.1, 0.15) is 0 Å². The third-order valence-electron chi connectivity index (χ3n) is 2.20. The van der Waals surface area contributed by atoms with E-state index in [0.29, 0.717) is 6.42 Å². The summed E-state index contributed by atoms with van der Waals surface area (Å²) in [6.45, 7) is 1.78. The third kappa shape index (κ3) is 2.12. The van der Waals surface area contributed by atoms with Crippen LogP contribution in [0.25, 0.3) is 0 Å². The van der Waals surface area contributed by atoms with Crippen LogP contribution in [0, 0.1) is 0 Å². The number of rotatable bonds is 3. The fraction of sp³-hybridized carbons (Fsp3) is 0.364. The summed E-state index contributed by atoms with van der Waals surface area (Å²) in [6.07, 6.45) is 0.469. The first-order valence-corrected chi connectivity index (χ1v) is 4.66. The van der Waals surface area contributed by atoms with Crippen LogP contribution in [0.3, 0.4) is 0 Å². The second-order valence-corrected chi connectivity index (χ2v) is 3.09. The van der Waals surface area contributed by atoms with Gasteiger partial charge in [-0.05, 0) is 6.07 Å². The van der Waals surface area contributed by atoms with Crippen molar-refractivity contribution in [3.8, 4) is 0 Å². The molecule has 0 saturated heterocycles. The largest absolute Gasteiger partial charge is 0.392 e. The maximum Gasteiger partial charge on any atom is 0.226 e. The molecule has 0 spiro atoms. The topological polar surface area (TPSA) is 40.5 Å². The Morgan fingerprint density at radius 3 is 2.64 bits per heavy atom. The molecular weight excluding hydrogens is 178 g/mol. The first kappa shape index (κ1) is 10.7. The van der Waals surface area contributed by atoms with Gasteiger partial charge in [-0.3, -0.25) is 4.79 Å². The van der Waals surface area contributed by atoms with Crippen molar-refractivity contribution in [3.05, 3.63) is 29.8 Å². The highest BCUT2D eigenvalue weighted by Gasteiger charge is 2.11. The molecule has 0 aliphatic heterocycles. The smallest absolute Gasteiger partial charge is 0.226 e. The normalized spacial score (nSPS) is 9.93. The zero-order valence-electron chi connectivity index (χ0n) is 8.53. The first-order valence-electron chi connectivity index (χ1n) is 4.66. The number of hydrogen-bond donors (Lipinski definition) is 1. The molecule has 3 nitrogen and oxygen atoms in total. The van der Waals surface area contributed by atoms with E-state index in [-0.39, 0.29) is 12.5 Å². The lowest BCUT2D eigenvalue weighted by atomic mass is 10.1. The van der Waals surface area contributed by atoms with Gasteiger partial charge in [0.2, 0.25) is 5.91 Å². The standard InChI is InChI=1S/C11H15NO2/c1-3-11(14)12(2)10-7-5-4-6-9(10)8-13/h4-7,13H,3,8H2,1-2H3. The summed E-state index contributed by atoms with van der Waals surface area (Å²) in [5.74, 6) is 0.0471. The number of para-hydroxylation sites is 1. The number of carbonyl (C=O) groups is 1. The van der Waals surface area contributed by atoms with Gasteiger partial charge in [-0.1, -0.05) is 25.1 Å². The van der Waals surface area contributed by atoms with Crippen molar-refractivity contribution in [2.24, 2.45) is 0 Å². The highest BCUT2D eigenvalue weighted by atomic mass is 16.3. The molecule has 1 aromatic carbocycles. The van der Waals surface area contributed by atoms with Gasteiger partial charge >= 0.3 is 0 Å². The Morgan fingerprint density at radius 2 is 2.07 bits per heavy atom. The van der Waals surface area contributed by atoms with Crippen molar-refractivity contribution in [3.63, 3.8) is 0 Å². The van der Waals surface area contributed by atoms with E-state index >= 15 is 0 Å². The van der Waals surface area contributed by atoms with E-state index in [1.165, 1.54) is 0 Å². The van der Waals surface area contributed by atoms with Crippen molar-refractivity contribution in [2.45, 2.75) is 20.0 Å². The second-order valence-electron chi connectivity index (χ2n) is 3.09. The van der Waals surface area contributed by atoms with Crippen LogP contribution >= 0.6 is 0 Å².